The van der Waals surface area contributed by atoms with Gasteiger partial charge in [-0.2, -0.15) is 11.8 Å². The van der Waals surface area contributed by atoms with Crippen molar-refractivity contribution in [1.29, 1.82) is 0 Å². The van der Waals surface area contributed by atoms with Crippen molar-refractivity contribution in [2.45, 2.75) is 64.3 Å². The van der Waals surface area contributed by atoms with E-state index >= 15 is 0 Å². The number of hydrogen-bond acceptors (Lipinski definition) is 7. The summed E-state index contributed by atoms with van der Waals surface area (Å²) < 4.78 is 13.0. The highest BCUT2D eigenvalue weighted by Crippen LogP contribution is 2.56. The predicted molar refractivity (Wildman–Crippen MR) is 174 cm³/mol. The zero-order chi connectivity index (χ0) is 31.4. The maximum atomic E-state index is 13.6. The Morgan fingerprint density at radius 3 is 2.39 bits per heavy atom. The highest BCUT2D eigenvalue weighted by molar-refractivity contribution is 7.98. The maximum Gasteiger partial charge on any atom is 0.246 e. The van der Waals surface area contributed by atoms with E-state index in [4.69, 9.17) is 15.2 Å². The number of amides is 3. The number of rotatable bonds is 11. The van der Waals surface area contributed by atoms with Gasteiger partial charge >= 0.3 is 0 Å². The van der Waals surface area contributed by atoms with Gasteiger partial charge in [0.1, 0.15) is 23.6 Å². The van der Waals surface area contributed by atoms with E-state index in [0.29, 0.717) is 48.1 Å². The van der Waals surface area contributed by atoms with Gasteiger partial charge in [-0.25, -0.2) is 0 Å². The largest absolute Gasteiger partial charge is 0.456 e. The molecule has 2 aliphatic rings. The van der Waals surface area contributed by atoms with Gasteiger partial charge in [-0.1, -0.05) is 45.0 Å². The second-order valence-corrected chi connectivity index (χ2v) is 12.6. The zero-order valence-electron chi connectivity index (χ0n) is 25.6. The van der Waals surface area contributed by atoms with Crippen molar-refractivity contribution >= 4 is 40.9 Å². The van der Waals surface area contributed by atoms with Crippen molar-refractivity contribution in [3.8, 4) is 11.5 Å². The number of nitrogen functional groups attached to an aromatic ring is 1. The highest BCUT2D eigenvalue weighted by atomic mass is 32.2. The molecular formula is C34H40N4O5S. The van der Waals surface area contributed by atoms with Crippen LogP contribution in [-0.2, 0) is 31.3 Å². The van der Waals surface area contributed by atoms with Crippen LogP contribution in [-0.4, -0.2) is 41.8 Å². The van der Waals surface area contributed by atoms with Crippen LogP contribution < -0.4 is 26.4 Å². The number of nitrogens with two attached hydrogens (primary N) is 1. The molecule has 1 spiro atoms. The number of benzene rings is 3. The minimum absolute atomic E-state index is 0.177. The molecule has 0 saturated heterocycles. The molecule has 0 radical (unpaired) electrons. The Morgan fingerprint density at radius 1 is 0.932 bits per heavy atom. The highest BCUT2D eigenvalue weighted by Gasteiger charge is 2.49. The van der Waals surface area contributed by atoms with Gasteiger partial charge in [-0.15, -0.1) is 0 Å². The standard InChI is InChI=1S/C34H40N4O5S/c1-5-31(39)37-28(16-20(2)3)33(41)38-27(14-15-44-4)32(40)36-23-11-13-26-30(18-23)43-29-17-22(35)10-12-25(29)34(26)24-9-7-6-8-21(24)19-42-34/h6-13,17-18,20,27-28H,5,14-16,19,35H2,1-4H3,(H,36,40)(H,37,39)(H,38,41)/t27-,28-,34?/m0/s1. The molecular weight excluding hydrogens is 576 g/mol. The third kappa shape index (κ3) is 6.27. The number of thioether (sulfide) groups is 1. The molecule has 232 valence electrons. The second kappa shape index (κ2) is 13.3. The molecule has 9 nitrogen and oxygen atoms in total. The lowest BCUT2D eigenvalue weighted by Gasteiger charge is -2.37. The molecule has 3 aromatic rings. The van der Waals surface area contributed by atoms with Crippen LogP contribution in [0.5, 0.6) is 11.5 Å². The molecule has 3 atom stereocenters. The lowest BCUT2D eigenvalue weighted by Crippen LogP contribution is -2.53. The van der Waals surface area contributed by atoms with Crippen LogP contribution in [0.15, 0.2) is 60.7 Å². The molecule has 5 rings (SSSR count). The number of ether oxygens (including phenoxy) is 2. The Bertz CT molecular complexity index is 1560. The van der Waals surface area contributed by atoms with Gasteiger partial charge in [-0.05, 0) is 66.2 Å². The summed E-state index contributed by atoms with van der Waals surface area (Å²) in [6.07, 6.45) is 3.12. The first kappa shape index (κ1) is 31.4. The van der Waals surface area contributed by atoms with Gasteiger partial charge in [0.15, 0.2) is 5.60 Å². The van der Waals surface area contributed by atoms with E-state index in [1.165, 1.54) is 0 Å². The van der Waals surface area contributed by atoms with Gasteiger partial charge in [0.05, 0.1) is 6.61 Å². The molecule has 0 aliphatic carbocycles. The lowest BCUT2D eigenvalue weighted by atomic mass is 9.77. The van der Waals surface area contributed by atoms with Gasteiger partial charge in [0.2, 0.25) is 17.7 Å². The van der Waals surface area contributed by atoms with Crippen molar-refractivity contribution in [2.75, 3.05) is 23.1 Å². The minimum atomic E-state index is -0.876. The smallest absolute Gasteiger partial charge is 0.246 e. The molecule has 0 fully saturated rings. The first-order chi connectivity index (χ1) is 21.2. The molecule has 3 aromatic carbocycles. The summed E-state index contributed by atoms with van der Waals surface area (Å²) in [4.78, 5) is 39.0. The Balaban J connectivity index is 1.42. The van der Waals surface area contributed by atoms with E-state index in [1.54, 1.807) is 30.8 Å². The molecule has 10 heteroatoms. The zero-order valence-corrected chi connectivity index (χ0v) is 26.4. The summed E-state index contributed by atoms with van der Waals surface area (Å²) >= 11 is 1.59. The number of anilines is 2. The first-order valence-electron chi connectivity index (χ1n) is 15.0. The molecule has 44 heavy (non-hydrogen) atoms. The molecule has 2 heterocycles. The molecule has 1 unspecified atom stereocenters. The molecule has 0 bridgehead atoms. The van der Waals surface area contributed by atoms with Crippen LogP contribution in [0.25, 0.3) is 0 Å². The van der Waals surface area contributed by atoms with Gasteiger partial charge in [-0.3, -0.25) is 14.4 Å². The Morgan fingerprint density at radius 2 is 1.66 bits per heavy atom. The number of carbonyl (C=O) groups is 3. The Hall–Kier alpha value is -4.02. The predicted octanol–water partition coefficient (Wildman–Crippen LogP) is 5.31. The minimum Gasteiger partial charge on any atom is -0.456 e. The number of nitrogens with one attached hydrogen (secondary N) is 3. The lowest BCUT2D eigenvalue weighted by molar-refractivity contribution is -0.131. The maximum absolute atomic E-state index is 13.6. The number of hydrogen-bond donors (Lipinski definition) is 4. The molecule has 0 saturated carbocycles. The molecule has 5 N–H and O–H groups in total. The second-order valence-electron chi connectivity index (χ2n) is 11.6. The summed E-state index contributed by atoms with van der Waals surface area (Å²) in [5.41, 5.74) is 10.2. The van der Waals surface area contributed by atoms with Crippen LogP contribution in [0.1, 0.15) is 62.3 Å². The number of carbonyl (C=O) groups excluding carboxylic acids is 3. The topological polar surface area (TPSA) is 132 Å². The SMILES string of the molecule is CCC(=O)N[C@@H](CC(C)C)C(=O)N[C@@H](CCSC)C(=O)Nc1ccc2c(c1)Oc1cc(N)ccc1C21OCc2ccccc21. The fourth-order valence-electron chi connectivity index (χ4n) is 5.86. The summed E-state index contributed by atoms with van der Waals surface area (Å²) in [5, 5.41) is 8.67. The van der Waals surface area contributed by atoms with Gasteiger partial charge in [0, 0.05) is 41.1 Å². The van der Waals surface area contributed by atoms with Crippen molar-refractivity contribution in [1.82, 2.24) is 10.6 Å². The van der Waals surface area contributed by atoms with Crippen molar-refractivity contribution in [2.24, 2.45) is 5.92 Å². The number of fused-ring (bicyclic) bond motifs is 6. The Labute approximate surface area is 262 Å². The average Bonchev–Trinajstić information content (AvgIpc) is 3.38. The van der Waals surface area contributed by atoms with E-state index in [2.05, 4.69) is 28.1 Å². The summed E-state index contributed by atoms with van der Waals surface area (Å²) in [7, 11) is 0. The fourth-order valence-corrected chi connectivity index (χ4v) is 6.33. The van der Waals surface area contributed by atoms with Crippen LogP contribution in [0, 0.1) is 5.92 Å². The molecule has 0 aromatic heterocycles. The van der Waals surface area contributed by atoms with E-state index in [9.17, 15) is 14.4 Å². The van der Waals surface area contributed by atoms with Crippen molar-refractivity contribution < 1.29 is 23.9 Å². The van der Waals surface area contributed by atoms with Crippen molar-refractivity contribution in [3.63, 3.8) is 0 Å². The van der Waals surface area contributed by atoms with Crippen LogP contribution in [0.2, 0.25) is 0 Å². The third-order valence-electron chi connectivity index (χ3n) is 8.00. The van der Waals surface area contributed by atoms with Crippen molar-refractivity contribution in [3.05, 3.63) is 82.9 Å². The van der Waals surface area contributed by atoms with E-state index in [1.807, 2.05) is 56.5 Å². The normalized spacial score (nSPS) is 17.6. The van der Waals surface area contributed by atoms with Crippen LogP contribution in [0.3, 0.4) is 0 Å². The molecule has 2 aliphatic heterocycles. The van der Waals surface area contributed by atoms with Crippen LogP contribution in [0.4, 0.5) is 11.4 Å². The van der Waals surface area contributed by atoms with Crippen LogP contribution >= 0.6 is 11.8 Å². The Kier molecular flexibility index (Phi) is 9.51. The molecule has 3 amide bonds. The summed E-state index contributed by atoms with van der Waals surface area (Å²) in [5.74, 6) is 1.05. The van der Waals surface area contributed by atoms with E-state index in [-0.39, 0.29) is 30.1 Å². The van der Waals surface area contributed by atoms with Gasteiger partial charge < -0.3 is 31.2 Å². The quantitative estimate of drug-likeness (QED) is 0.215. The van der Waals surface area contributed by atoms with Gasteiger partial charge in [0.25, 0.3) is 0 Å². The van der Waals surface area contributed by atoms with E-state index < -0.39 is 17.7 Å². The third-order valence-corrected chi connectivity index (χ3v) is 8.64. The summed E-state index contributed by atoms with van der Waals surface area (Å²) in [6.45, 7) is 6.16. The monoisotopic (exact) mass is 616 g/mol. The first-order valence-corrected chi connectivity index (χ1v) is 16.4. The fraction of sp³-hybridized carbons (Fsp3) is 0.382. The average molecular weight is 617 g/mol. The summed E-state index contributed by atoms with van der Waals surface area (Å²) in [6, 6.07) is 17.7. The van der Waals surface area contributed by atoms with E-state index in [0.717, 1.165) is 22.3 Å².